The van der Waals surface area contributed by atoms with Crippen molar-refractivity contribution in [3.63, 3.8) is 0 Å². The average molecular weight is 280 g/mol. The molecule has 2 aromatic carbocycles. The normalized spacial score (nSPS) is 20.5. The second-order valence-corrected chi connectivity index (χ2v) is 5.49. The first kappa shape index (κ1) is 13.7. The van der Waals surface area contributed by atoms with Gasteiger partial charge in [0, 0.05) is 31.0 Å². The number of anilines is 2. The maximum absolute atomic E-state index is 13.0. The summed E-state index contributed by atoms with van der Waals surface area (Å²) < 4.78 is 0. The summed E-state index contributed by atoms with van der Waals surface area (Å²) in [6.07, 6.45) is 0.735. The third kappa shape index (κ3) is 1.77. The lowest BCUT2D eigenvalue weighted by molar-refractivity contribution is -0.122. The van der Waals surface area contributed by atoms with Crippen LogP contribution in [0.1, 0.15) is 18.9 Å². The predicted molar refractivity (Wildman–Crippen MR) is 86.7 cm³/mol. The zero-order chi connectivity index (χ0) is 15.0. The van der Waals surface area contributed by atoms with Crippen LogP contribution in [0, 0.1) is 0 Å². The molecule has 0 saturated carbocycles. The van der Waals surface area contributed by atoms with Crippen LogP contribution in [0.3, 0.4) is 0 Å². The lowest BCUT2D eigenvalue weighted by Gasteiger charge is -2.38. The average Bonchev–Trinajstić information content (AvgIpc) is 2.77. The van der Waals surface area contributed by atoms with Crippen LogP contribution in [0.15, 0.2) is 54.6 Å². The fourth-order valence-electron chi connectivity index (χ4n) is 3.39. The molecule has 1 aliphatic rings. The molecule has 1 heterocycles. The van der Waals surface area contributed by atoms with Crippen LogP contribution in [-0.2, 0) is 10.3 Å². The molecule has 108 valence electrons. The molecule has 3 rings (SSSR count). The number of hydrogen-bond acceptors (Lipinski definition) is 2. The largest absolute Gasteiger partial charge is 0.357 e. The van der Waals surface area contributed by atoms with E-state index in [1.807, 2.05) is 62.6 Å². The van der Waals surface area contributed by atoms with Gasteiger partial charge in [0.15, 0.2) is 0 Å². The van der Waals surface area contributed by atoms with Crippen molar-refractivity contribution in [1.29, 1.82) is 0 Å². The fraction of sp³-hybridized carbons (Fsp3) is 0.278. The molecule has 0 spiro atoms. The molecule has 1 unspecified atom stereocenters. The molecule has 3 nitrogen and oxygen atoms in total. The number of carbonyl (C=O) groups is 1. The van der Waals surface area contributed by atoms with Crippen molar-refractivity contribution < 1.29 is 4.79 Å². The minimum Gasteiger partial charge on any atom is -0.357 e. The highest BCUT2D eigenvalue weighted by atomic mass is 16.2. The maximum Gasteiger partial charge on any atom is 0.257 e. The van der Waals surface area contributed by atoms with Crippen LogP contribution in [0.4, 0.5) is 11.4 Å². The standard InChI is InChI=1S/C18H20N2O/c1-4-18(20(3)14-10-6-5-7-11-14)15-12-8-9-13-16(15)19(2)17(18)21/h5-13H,4H2,1-3H3. The summed E-state index contributed by atoms with van der Waals surface area (Å²) >= 11 is 0. The number of amides is 1. The van der Waals surface area contributed by atoms with Crippen LogP contribution < -0.4 is 9.80 Å². The Kier molecular flexibility index (Phi) is 3.20. The molecule has 0 bridgehead atoms. The highest BCUT2D eigenvalue weighted by molar-refractivity contribution is 6.09. The van der Waals surface area contributed by atoms with Crippen molar-refractivity contribution in [2.75, 3.05) is 23.9 Å². The van der Waals surface area contributed by atoms with Gasteiger partial charge in [-0.3, -0.25) is 4.79 Å². The molecule has 1 aliphatic heterocycles. The Balaban J connectivity index is 2.19. The van der Waals surface area contributed by atoms with Gasteiger partial charge >= 0.3 is 0 Å². The fourth-order valence-corrected chi connectivity index (χ4v) is 3.39. The quantitative estimate of drug-likeness (QED) is 0.860. The smallest absolute Gasteiger partial charge is 0.257 e. The molecule has 0 saturated heterocycles. The third-order valence-corrected chi connectivity index (χ3v) is 4.60. The van der Waals surface area contributed by atoms with E-state index in [1.54, 1.807) is 4.90 Å². The van der Waals surface area contributed by atoms with E-state index in [1.165, 1.54) is 0 Å². The molecule has 3 heteroatoms. The van der Waals surface area contributed by atoms with E-state index in [9.17, 15) is 4.79 Å². The summed E-state index contributed by atoms with van der Waals surface area (Å²) in [6.45, 7) is 2.08. The summed E-state index contributed by atoms with van der Waals surface area (Å²) in [4.78, 5) is 16.9. The van der Waals surface area contributed by atoms with E-state index in [0.29, 0.717) is 0 Å². The topological polar surface area (TPSA) is 23.6 Å². The Morgan fingerprint density at radius 2 is 1.67 bits per heavy atom. The number of para-hydroxylation sites is 2. The number of carbonyl (C=O) groups excluding carboxylic acids is 1. The van der Waals surface area contributed by atoms with E-state index in [4.69, 9.17) is 0 Å². The van der Waals surface area contributed by atoms with Gasteiger partial charge in [-0.05, 0) is 24.6 Å². The molecule has 0 radical (unpaired) electrons. The second kappa shape index (κ2) is 4.92. The van der Waals surface area contributed by atoms with Crippen molar-refractivity contribution in [2.45, 2.75) is 18.9 Å². The number of rotatable bonds is 3. The minimum absolute atomic E-state index is 0.137. The number of nitrogens with zero attached hydrogens (tertiary/aromatic N) is 2. The van der Waals surface area contributed by atoms with Gasteiger partial charge in [0.25, 0.3) is 5.91 Å². The maximum atomic E-state index is 13.0. The van der Waals surface area contributed by atoms with Gasteiger partial charge in [-0.15, -0.1) is 0 Å². The zero-order valence-electron chi connectivity index (χ0n) is 12.7. The minimum atomic E-state index is -0.618. The van der Waals surface area contributed by atoms with E-state index in [2.05, 4.69) is 17.9 Å². The first-order valence-corrected chi connectivity index (χ1v) is 7.29. The summed E-state index contributed by atoms with van der Waals surface area (Å²) in [6, 6.07) is 18.2. The lowest BCUT2D eigenvalue weighted by Crippen LogP contribution is -2.50. The van der Waals surface area contributed by atoms with Crippen LogP contribution in [0.5, 0.6) is 0 Å². The monoisotopic (exact) mass is 280 g/mol. The highest BCUT2D eigenvalue weighted by Gasteiger charge is 2.51. The van der Waals surface area contributed by atoms with Gasteiger partial charge in [0.1, 0.15) is 5.54 Å². The van der Waals surface area contributed by atoms with Crippen molar-refractivity contribution in [2.24, 2.45) is 0 Å². The Morgan fingerprint density at radius 3 is 2.33 bits per heavy atom. The van der Waals surface area contributed by atoms with E-state index in [0.717, 1.165) is 23.4 Å². The molecule has 0 fully saturated rings. The Bertz CT molecular complexity index is 668. The zero-order valence-corrected chi connectivity index (χ0v) is 12.7. The van der Waals surface area contributed by atoms with Gasteiger partial charge in [0.2, 0.25) is 0 Å². The van der Waals surface area contributed by atoms with Crippen molar-refractivity contribution in [3.8, 4) is 0 Å². The van der Waals surface area contributed by atoms with Crippen LogP contribution in [-0.4, -0.2) is 20.0 Å². The molecular weight excluding hydrogens is 260 g/mol. The molecule has 0 N–H and O–H groups in total. The molecule has 0 aliphatic carbocycles. The first-order chi connectivity index (χ1) is 10.1. The van der Waals surface area contributed by atoms with E-state index < -0.39 is 5.54 Å². The molecular formula is C18H20N2O. The van der Waals surface area contributed by atoms with Crippen molar-refractivity contribution >= 4 is 17.3 Å². The van der Waals surface area contributed by atoms with Gasteiger partial charge < -0.3 is 9.80 Å². The van der Waals surface area contributed by atoms with Gasteiger partial charge in [0.05, 0.1) is 0 Å². The number of likely N-dealkylation sites (N-methyl/N-ethyl adjacent to an activating group) is 2. The van der Waals surface area contributed by atoms with Crippen LogP contribution >= 0.6 is 0 Å². The first-order valence-electron chi connectivity index (χ1n) is 7.29. The molecule has 1 atom stereocenters. The number of hydrogen-bond donors (Lipinski definition) is 0. The van der Waals surface area contributed by atoms with Gasteiger partial charge in [-0.1, -0.05) is 43.3 Å². The van der Waals surface area contributed by atoms with Crippen LogP contribution in [0.25, 0.3) is 0 Å². The highest BCUT2D eigenvalue weighted by Crippen LogP contribution is 2.46. The Hall–Kier alpha value is -2.29. The lowest BCUT2D eigenvalue weighted by atomic mass is 9.86. The molecule has 0 aromatic heterocycles. The van der Waals surface area contributed by atoms with E-state index >= 15 is 0 Å². The van der Waals surface area contributed by atoms with Crippen LogP contribution in [0.2, 0.25) is 0 Å². The summed E-state index contributed by atoms with van der Waals surface area (Å²) in [5, 5.41) is 0. The Morgan fingerprint density at radius 1 is 1.05 bits per heavy atom. The van der Waals surface area contributed by atoms with Crippen molar-refractivity contribution in [3.05, 3.63) is 60.2 Å². The second-order valence-electron chi connectivity index (χ2n) is 5.49. The van der Waals surface area contributed by atoms with E-state index in [-0.39, 0.29) is 5.91 Å². The number of benzene rings is 2. The van der Waals surface area contributed by atoms with Crippen molar-refractivity contribution in [1.82, 2.24) is 0 Å². The van der Waals surface area contributed by atoms with Gasteiger partial charge in [-0.2, -0.15) is 0 Å². The third-order valence-electron chi connectivity index (χ3n) is 4.60. The van der Waals surface area contributed by atoms with Gasteiger partial charge in [-0.25, -0.2) is 0 Å². The SMILES string of the molecule is CCC1(N(C)c2ccccc2)C(=O)N(C)c2ccccc21. The summed E-state index contributed by atoms with van der Waals surface area (Å²) in [5.74, 6) is 0.137. The predicted octanol–water partition coefficient (Wildman–Crippen LogP) is 3.40. The Labute approximate surface area is 125 Å². The summed E-state index contributed by atoms with van der Waals surface area (Å²) in [5.41, 5.74) is 2.53. The summed E-state index contributed by atoms with van der Waals surface area (Å²) in [7, 11) is 3.87. The molecule has 21 heavy (non-hydrogen) atoms. The molecule has 1 amide bonds. The number of fused-ring (bicyclic) bond motifs is 1. The molecule has 2 aromatic rings.